The number of phenols is 2. The minimum atomic E-state index is -0.503. The number of ether oxygens (including phenoxy) is 5. The van der Waals surface area contributed by atoms with Crippen LogP contribution in [0.4, 0.5) is 11.4 Å². The number of aromatic hydroxyl groups is 2. The Morgan fingerprint density at radius 3 is 1.30 bits per heavy atom. The van der Waals surface area contributed by atoms with Gasteiger partial charge >= 0.3 is 0 Å². The second-order valence-corrected chi connectivity index (χ2v) is 17.2. The fourth-order valence-electron chi connectivity index (χ4n) is 8.35. The van der Waals surface area contributed by atoms with E-state index in [9.17, 15) is 10.2 Å². The van der Waals surface area contributed by atoms with Crippen LogP contribution in [0, 0.1) is 41.5 Å². The van der Waals surface area contributed by atoms with Gasteiger partial charge in [0.15, 0.2) is 11.9 Å². The summed E-state index contributed by atoms with van der Waals surface area (Å²) in [6.45, 7) is 17.4. The Kier molecular flexibility index (Phi) is 13.8. The van der Waals surface area contributed by atoms with Gasteiger partial charge in [0.25, 0.3) is 0 Å². The SMILES string of the molecule is Cc1c(C)c2c(c(C)c1O)CCC(C)(CCOCC(OC(COCCC1(C)CCc3c(C)c(O)c(C)c(C)c3O1)c1ccc(N=C(N)N)cc1)c1ccc(N=C(N)N)cc1)O2. The molecule has 0 spiro atoms. The van der Waals surface area contributed by atoms with Crippen LogP contribution in [-0.4, -0.2) is 59.8 Å². The molecule has 4 aromatic rings. The van der Waals surface area contributed by atoms with Gasteiger partial charge in [-0.05, 0) is 150 Å². The lowest BCUT2D eigenvalue weighted by Crippen LogP contribution is -2.38. The van der Waals surface area contributed by atoms with Gasteiger partial charge in [-0.3, -0.25) is 0 Å². The number of benzene rings is 4. The molecule has 0 bridgehead atoms. The Morgan fingerprint density at radius 1 is 0.590 bits per heavy atom. The first-order chi connectivity index (χ1) is 28.9. The van der Waals surface area contributed by atoms with Crippen LogP contribution in [0.1, 0.15) is 107 Å². The summed E-state index contributed by atoms with van der Waals surface area (Å²) in [6.07, 6.45) is 3.53. The quantitative estimate of drug-likeness (QED) is 0.0362. The van der Waals surface area contributed by atoms with Gasteiger partial charge in [0.2, 0.25) is 0 Å². The van der Waals surface area contributed by atoms with E-state index in [1.807, 2.05) is 90.1 Å². The monoisotopic (exact) mass is 836 g/mol. The summed E-state index contributed by atoms with van der Waals surface area (Å²) in [7, 11) is 0. The highest BCUT2D eigenvalue weighted by Gasteiger charge is 2.36. The molecule has 0 saturated carbocycles. The molecule has 4 atom stereocenters. The molecule has 2 heterocycles. The molecule has 2 aliphatic rings. The summed E-state index contributed by atoms with van der Waals surface area (Å²) < 4.78 is 33.2. The van der Waals surface area contributed by atoms with Crippen LogP contribution in [0.25, 0.3) is 0 Å². The van der Waals surface area contributed by atoms with E-state index in [0.29, 0.717) is 48.9 Å². The summed E-state index contributed by atoms with van der Waals surface area (Å²) in [4.78, 5) is 8.39. The second-order valence-electron chi connectivity index (χ2n) is 17.2. The molecule has 0 amide bonds. The van der Waals surface area contributed by atoms with E-state index in [4.69, 9.17) is 46.6 Å². The van der Waals surface area contributed by atoms with Crippen molar-refractivity contribution in [2.24, 2.45) is 32.9 Å². The van der Waals surface area contributed by atoms with E-state index >= 15 is 0 Å². The predicted molar refractivity (Wildman–Crippen MR) is 241 cm³/mol. The van der Waals surface area contributed by atoms with Crippen molar-refractivity contribution in [1.29, 1.82) is 0 Å². The van der Waals surface area contributed by atoms with Gasteiger partial charge in [-0.2, -0.15) is 0 Å². The van der Waals surface area contributed by atoms with Crippen molar-refractivity contribution < 1.29 is 33.9 Å². The molecule has 0 saturated heterocycles. The number of nitrogens with zero attached hydrogens (tertiary/aromatic N) is 2. The van der Waals surface area contributed by atoms with Gasteiger partial charge in [-0.15, -0.1) is 0 Å². The molecule has 0 aliphatic carbocycles. The highest BCUT2D eigenvalue weighted by Crippen LogP contribution is 2.46. The molecule has 4 unspecified atom stereocenters. The van der Waals surface area contributed by atoms with Crippen LogP contribution in [-0.2, 0) is 27.1 Å². The number of rotatable bonds is 16. The molecular formula is C48H64N6O7. The zero-order chi connectivity index (χ0) is 44.2. The number of phenolic OH excluding ortho intramolecular Hbond substituents is 2. The highest BCUT2D eigenvalue weighted by molar-refractivity contribution is 5.79. The van der Waals surface area contributed by atoms with Crippen LogP contribution < -0.4 is 32.4 Å². The van der Waals surface area contributed by atoms with Crippen LogP contribution in [0.5, 0.6) is 23.0 Å². The Balaban J connectivity index is 1.18. The van der Waals surface area contributed by atoms with E-state index in [2.05, 4.69) is 23.8 Å². The maximum absolute atomic E-state index is 10.7. The molecule has 13 heteroatoms. The number of guanidine groups is 2. The van der Waals surface area contributed by atoms with Crippen molar-refractivity contribution in [3.05, 3.63) is 104 Å². The Morgan fingerprint density at radius 2 is 0.951 bits per heavy atom. The first kappa shape index (κ1) is 45.0. The molecule has 4 aromatic carbocycles. The van der Waals surface area contributed by atoms with Gasteiger partial charge in [-0.25, -0.2) is 9.98 Å². The molecule has 13 nitrogen and oxygen atoms in total. The van der Waals surface area contributed by atoms with Crippen molar-refractivity contribution >= 4 is 23.3 Å². The highest BCUT2D eigenvalue weighted by atomic mass is 16.6. The van der Waals surface area contributed by atoms with Gasteiger partial charge in [-0.1, -0.05) is 24.3 Å². The molecule has 2 aliphatic heterocycles. The first-order valence-electron chi connectivity index (χ1n) is 21.1. The minimum absolute atomic E-state index is 0.0278. The lowest BCUT2D eigenvalue weighted by Gasteiger charge is -2.38. The van der Waals surface area contributed by atoms with Crippen molar-refractivity contribution in [2.75, 3.05) is 26.4 Å². The molecule has 10 N–H and O–H groups in total. The maximum Gasteiger partial charge on any atom is 0.191 e. The van der Waals surface area contributed by atoms with Crippen molar-refractivity contribution in [3.63, 3.8) is 0 Å². The molecule has 0 fully saturated rings. The van der Waals surface area contributed by atoms with E-state index in [1.54, 1.807) is 0 Å². The molecule has 328 valence electrons. The zero-order valence-corrected chi connectivity index (χ0v) is 37.0. The van der Waals surface area contributed by atoms with Crippen LogP contribution in [0.2, 0.25) is 0 Å². The lowest BCUT2D eigenvalue weighted by atomic mass is 9.86. The third-order valence-corrected chi connectivity index (χ3v) is 12.6. The Bertz CT molecular complexity index is 2110. The second kappa shape index (κ2) is 18.6. The smallest absolute Gasteiger partial charge is 0.191 e. The fraction of sp³-hybridized carbons (Fsp3) is 0.458. The summed E-state index contributed by atoms with van der Waals surface area (Å²) >= 11 is 0. The zero-order valence-electron chi connectivity index (χ0n) is 37.0. The van der Waals surface area contributed by atoms with Crippen molar-refractivity contribution in [1.82, 2.24) is 0 Å². The predicted octanol–water partition coefficient (Wildman–Crippen LogP) is 7.94. The molecule has 61 heavy (non-hydrogen) atoms. The third-order valence-electron chi connectivity index (χ3n) is 12.6. The van der Waals surface area contributed by atoms with E-state index in [-0.39, 0.29) is 25.1 Å². The molecular weight excluding hydrogens is 773 g/mol. The third kappa shape index (κ3) is 10.3. The summed E-state index contributed by atoms with van der Waals surface area (Å²) in [5.41, 5.74) is 32.3. The van der Waals surface area contributed by atoms with Crippen LogP contribution in [0.15, 0.2) is 58.5 Å². The van der Waals surface area contributed by atoms with Crippen molar-refractivity contribution in [3.8, 4) is 23.0 Å². The number of hydrogen-bond acceptors (Lipinski definition) is 9. The Labute approximate surface area is 360 Å². The largest absolute Gasteiger partial charge is 0.507 e. The number of fused-ring (bicyclic) bond motifs is 2. The van der Waals surface area contributed by atoms with Gasteiger partial charge < -0.3 is 56.8 Å². The summed E-state index contributed by atoms with van der Waals surface area (Å²) in [5.74, 6) is 2.37. The summed E-state index contributed by atoms with van der Waals surface area (Å²) in [6, 6.07) is 15.1. The molecule has 0 radical (unpaired) electrons. The normalized spacial score (nSPS) is 19.1. The lowest BCUT2D eigenvalue weighted by molar-refractivity contribution is -0.0969. The molecule has 6 rings (SSSR count). The number of hydrogen-bond donors (Lipinski definition) is 6. The van der Waals surface area contributed by atoms with Gasteiger partial charge in [0.05, 0.1) is 37.8 Å². The van der Waals surface area contributed by atoms with Gasteiger partial charge in [0.1, 0.15) is 46.4 Å². The van der Waals surface area contributed by atoms with E-state index in [0.717, 1.165) is 92.8 Å². The van der Waals surface area contributed by atoms with E-state index in [1.165, 1.54) is 0 Å². The molecule has 0 aromatic heterocycles. The topological polar surface area (TPSA) is 215 Å². The van der Waals surface area contributed by atoms with Gasteiger partial charge in [0, 0.05) is 24.0 Å². The van der Waals surface area contributed by atoms with Crippen molar-refractivity contribution in [2.45, 2.75) is 117 Å². The standard InChI is InChI=1S/C48H64N6O7/c1-27-29(3)43-37(31(5)41(27)55)17-19-47(7,60-43)21-23-57-25-39(33-9-13-35(14-10-33)53-45(49)50)59-40(34-11-15-36(16-12-34)54-46(51)52)26-58-24-22-48(8)20-18-38-32(6)42(56)28(2)30(4)44(38)61-48/h9-16,39-40,55-56H,17-26H2,1-8H3,(H4,49,50,53)(H4,51,52,54). The number of nitrogens with two attached hydrogens (primary N) is 4. The first-order valence-corrected chi connectivity index (χ1v) is 21.1. The fourth-order valence-corrected chi connectivity index (χ4v) is 8.35. The van der Waals surface area contributed by atoms with Crippen LogP contribution >= 0.6 is 0 Å². The number of aliphatic imine (C=N–C) groups is 2. The average Bonchev–Trinajstić information content (AvgIpc) is 3.22. The summed E-state index contributed by atoms with van der Waals surface area (Å²) in [5, 5.41) is 21.3. The minimum Gasteiger partial charge on any atom is -0.507 e. The average molecular weight is 837 g/mol. The maximum atomic E-state index is 10.7. The van der Waals surface area contributed by atoms with E-state index < -0.39 is 23.4 Å². The Hall–Kier alpha value is -5.50. The van der Waals surface area contributed by atoms with Crippen LogP contribution in [0.3, 0.4) is 0 Å².